The van der Waals surface area contributed by atoms with E-state index < -0.39 is 0 Å². The van der Waals surface area contributed by atoms with Crippen molar-refractivity contribution >= 4 is 0 Å². The molecule has 0 aliphatic heterocycles. The zero-order valence-electron chi connectivity index (χ0n) is 15.4. The number of hydrogen-bond donors (Lipinski definition) is 0. The predicted molar refractivity (Wildman–Crippen MR) is 110 cm³/mol. The third kappa shape index (κ3) is 3.90. The Labute approximate surface area is 160 Å². The summed E-state index contributed by atoms with van der Waals surface area (Å²) in [5.74, 6) is 0.881. The SMILES string of the molecule is COc1ccc(C[n+]2ccc(-c3ccccc3)cc2-c2ccccc2)cc1. The molecular weight excluding hydrogens is 330 g/mol. The molecule has 1 heterocycles. The number of pyridine rings is 1. The number of hydrogen-bond acceptors (Lipinski definition) is 1. The van der Waals surface area contributed by atoms with E-state index in [4.69, 9.17) is 4.74 Å². The number of aromatic nitrogens is 1. The molecule has 0 unspecified atom stereocenters. The Morgan fingerprint density at radius 2 is 1.30 bits per heavy atom. The van der Waals surface area contributed by atoms with Crippen LogP contribution in [0.25, 0.3) is 22.4 Å². The first kappa shape index (κ1) is 17.0. The minimum atomic E-state index is 0.809. The first-order valence-electron chi connectivity index (χ1n) is 9.11. The monoisotopic (exact) mass is 352 g/mol. The summed E-state index contributed by atoms with van der Waals surface area (Å²) in [7, 11) is 1.69. The third-order valence-corrected chi connectivity index (χ3v) is 4.72. The maximum atomic E-state index is 5.27. The van der Waals surface area contributed by atoms with Crippen molar-refractivity contribution in [3.05, 3.63) is 109 Å². The van der Waals surface area contributed by atoms with E-state index in [0.717, 1.165) is 12.3 Å². The Bertz CT molecular complexity index is 1010. The smallest absolute Gasteiger partial charge is 0.213 e. The van der Waals surface area contributed by atoms with E-state index in [2.05, 4.69) is 95.7 Å². The van der Waals surface area contributed by atoms with E-state index in [9.17, 15) is 0 Å². The number of ether oxygens (including phenoxy) is 1. The van der Waals surface area contributed by atoms with Gasteiger partial charge in [-0.3, -0.25) is 0 Å². The Hall–Kier alpha value is -3.39. The normalized spacial score (nSPS) is 10.6. The Morgan fingerprint density at radius 1 is 0.667 bits per heavy atom. The summed E-state index contributed by atoms with van der Waals surface area (Å²) in [5.41, 5.74) is 6.11. The Morgan fingerprint density at radius 3 is 1.93 bits per heavy atom. The predicted octanol–water partition coefficient (Wildman–Crippen LogP) is 5.37. The molecule has 0 N–H and O–H groups in total. The fraction of sp³-hybridized carbons (Fsp3) is 0.0800. The second-order valence-electron chi connectivity index (χ2n) is 6.51. The van der Waals surface area contributed by atoms with Crippen LogP contribution in [-0.2, 0) is 6.54 Å². The van der Waals surface area contributed by atoms with Crippen LogP contribution < -0.4 is 9.30 Å². The van der Waals surface area contributed by atoms with Crippen molar-refractivity contribution in [1.29, 1.82) is 0 Å². The van der Waals surface area contributed by atoms with Crippen LogP contribution in [0.15, 0.2) is 103 Å². The van der Waals surface area contributed by atoms with Gasteiger partial charge in [0.25, 0.3) is 0 Å². The van der Waals surface area contributed by atoms with Gasteiger partial charge in [0.1, 0.15) is 5.75 Å². The molecule has 2 heteroatoms. The lowest BCUT2D eigenvalue weighted by Crippen LogP contribution is -2.36. The second kappa shape index (κ2) is 7.88. The molecule has 0 aliphatic carbocycles. The molecule has 0 saturated heterocycles. The molecule has 0 bridgehead atoms. The zero-order chi connectivity index (χ0) is 18.5. The van der Waals surface area contributed by atoms with Crippen molar-refractivity contribution in [1.82, 2.24) is 0 Å². The van der Waals surface area contributed by atoms with Crippen LogP contribution in [0.3, 0.4) is 0 Å². The van der Waals surface area contributed by atoms with E-state index in [0.29, 0.717) is 0 Å². The minimum absolute atomic E-state index is 0.809. The van der Waals surface area contributed by atoms with Crippen molar-refractivity contribution < 1.29 is 9.30 Å². The van der Waals surface area contributed by atoms with E-state index in [1.54, 1.807) is 7.11 Å². The molecule has 4 aromatic rings. The summed E-state index contributed by atoms with van der Waals surface area (Å²) >= 11 is 0. The average Bonchev–Trinajstić information content (AvgIpc) is 2.76. The summed E-state index contributed by atoms with van der Waals surface area (Å²) < 4.78 is 7.57. The minimum Gasteiger partial charge on any atom is -0.497 e. The first-order valence-corrected chi connectivity index (χ1v) is 9.11. The standard InChI is InChI=1S/C25H22NO/c1-27-24-14-12-20(13-15-24)19-26-17-16-23(21-8-4-2-5-9-21)18-25(26)22-10-6-3-7-11-22/h2-18H,19H2,1H3/q+1. The van der Waals surface area contributed by atoms with Gasteiger partial charge < -0.3 is 4.74 Å². The highest BCUT2D eigenvalue weighted by molar-refractivity contribution is 5.68. The number of benzene rings is 3. The summed E-state index contributed by atoms with van der Waals surface area (Å²) in [6.45, 7) is 0.809. The molecular formula is C25H22NO+. The maximum Gasteiger partial charge on any atom is 0.213 e. The third-order valence-electron chi connectivity index (χ3n) is 4.72. The van der Waals surface area contributed by atoms with E-state index >= 15 is 0 Å². The molecule has 4 rings (SSSR count). The van der Waals surface area contributed by atoms with Crippen LogP contribution in [0.5, 0.6) is 5.75 Å². The summed E-state index contributed by atoms with van der Waals surface area (Å²) in [4.78, 5) is 0. The van der Waals surface area contributed by atoms with Gasteiger partial charge in [-0.1, -0.05) is 48.5 Å². The molecule has 132 valence electrons. The van der Waals surface area contributed by atoms with Gasteiger partial charge in [-0.2, -0.15) is 4.57 Å². The molecule has 0 aliphatic rings. The van der Waals surface area contributed by atoms with Crippen molar-refractivity contribution in [2.45, 2.75) is 6.54 Å². The zero-order valence-corrected chi connectivity index (χ0v) is 15.4. The first-order chi connectivity index (χ1) is 13.3. The highest BCUT2D eigenvalue weighted by Gasteiger charge is 2.15. The largest absolute Gasteiger partial charge is 0.497 e. The number of rotatable bonds is 5. The molecule has 0 spiro atoms. The van der Waals surface area contributed by atoms with Crippen molar-refractivity contribution in [2.24, 2.45) is 0 Å². The summed E-state index contributed by atoms with van der Waals surface area (Å²) in [6.07, 6.45) is 2.18. The highest BCUT2D eigenvalue weighted by atomic mass is 16.5. The number of methoxy groups -OCH3 is 1. The van der Waals surface area contributed by atoms with Gasteiger partial charge in [0, 0.05) is 23.3 Å². The lowest BCUT2D eigenvalue weighted by Gasteiger charge is -2.08. The maximum absolute atomic E-state index is 5.27. The molecule has 2 nitrogen and oxygen atoms in total. The Balaban J connectivity index is 1.76. The van der Waals surface area contributed by atoms with Crippen LogP contribution in [0.1, 0.15) is 5.56 Å². The van der Waals surface area contributed by atoms with E-state index in [1.807, 2.05) is 12.1 Å². The average molecular weight is 352 g/mol. The molecule has 27 heavy (non-hydrogen) atoms. The van der Waals surface area contributed by atoms with Crippen LogP contribution in [0.2, 0.25) is 0 Å². The second-order valence-corrected chi connectivity index (χ2v) is 6.51. The van der Waals surface area contributed by atoms with Crippen LogP contribution in [-0.4, -0.2) is 7.11 Å². The van der Waals surface area contributed by atoms with Crippen LogP contribution in [0.4, 0.5) is 0 Å². The van der Waals surface area contributed by atoms with Crippen molar-refractivity contribution in [3.8, 4) is 28.1 Å². The molecule has 3 aromatic carbocycles. The molecule has 0 radical (unpaired) electrons. The van der Waals surface area contributed by atoms with Gasteiger partial charge in [0.2, 0.25) is 5.69 Å². The van der Waals surface area contributed by atoms with Gasteiger partial charge >= 0.3 is 0 Å². The quantitative estimate of drug-likeness (QED) is 0.440. The van der Waals surface area contributed by atoms with Crippen molar-refractivity contribution in [3.63, 3.8) is 0 Å². The number of nitrogens with zero attached hydrogens (tertiary/aromatic N) is 1. The highest BCUT2D eigenvalue weighted by Crippen LogP contribution is 2.24. The molecule has 1 aromatic heterocycles. The van der Waals surface area contributed by atoms with Crippen molar-refractivity contribution in [2.75, 3.05) is 7.11 Å². The van der Waals surface area contributed by atoms with Gasteiger partial charge in [0.15, 0.2) is 12.7 Å². The van der Waals surface area contributed by atoms with E-state index in [1.165, 1.54) is 27.9 Å². The summed E-state index contributed by atoms with van der Waals surface area (Å²) in [6, 6.07) is 33.8. The fourth-order valence-electron chi connectivity index (χ4n) is 3.26. The van der Waals surface area contributed by atoms with Crippen LogP contribution >= 0.6 is 0 Å². The fourth-order valence-corrected chi connectivity index (χ4v) is 3.26. The van der Waals surface area contributed by atoms with Gasteiger partial charge in [0.05, 0.1) is 7.11 Å². The lowest BCUT2D eigenvalue weighted by atomic mass is 10.0. The lowest BCUT2D eigenvalue weighted by molar-refractivity contribution is -0.677. The molecule has 0 fully saturated rings. The van der Waals surface area contributed by atoms with Gasteiger partial charge in [-0.25, -0.2) is 0 Å². The summed E-state index contributed by atoms with van der Waals surface area (Å²) in [5, 5.41) is 0. The van der Waals surface area contributed by atoms with Gasteiger partial charge in [-0.05, 0) is 47.5 Å². The van der Waals surface area contributed by atoms with E-state index in [-0.39, 0.29) is 0 Å². The molecule has 0 saturated carbocycles. The molecule has 0 atom stereocenters. The van der Waals surface area contributed by atoms with Crippen LogP contribution in [0, 0.1) is 0 Å². The van der Waals surface area contributed by atoms with Gasteiger partial charge in [-0.15, -0.1) is 0 Å². The Kier molecular flexibility index (Phi) is 4.97. The topological polar surface area (TPSA) is 13.1 Å². The molecule has 0 amide bonds.